The molecule has 1 fully saturated rings. The molecule has 0 N–H and O–H groups in total. The second-order valence-electron chi connectivity index (χ2n) is 5.48. The lowest BCUT2D eigenvalue weighted by atomic mass is 9.84. The molecular formula is C11H21O+. The highest BCUT2D eigenvalue weighted by molar-refractivity contribution is 5.03. The average Bonchev–Trinajstić information content (AvgIpc) is 2.06. The summed E-state index contributed by atoms with van der Waals surface area (Å²) in [5.74, 6) is 0.645. The fourth-order valence-electron chi connectivity index (χ4n) is 1.44. The second-order valence-corrected chi connectivity index (χ2v) is 5.48. The van der Waals surface area contributed by atoms with E-state index in [9.17, 15) is 0 Å². The van der Waals surface area contributed by atoms with Gasteiger partial charge >= 0.3 is 0 Å². The Morgan fingerprint density at radius 3 is 2.00 bits per heavy atom. The van der Waals surface area contributed by atoms with Gasteiger partial charge in [0.05, 0.1) is 0 Å². The molecule has 70 valence electrons. The highest BCUT2D eigenvalue weighted by Crippen LogP contribution is 2.47. The average molecular weight is 169 g/mol. The van der Waals surface area contributed by atoms with Crippen LogP contribution in [0.4, 0.5) is 0 Å². The van der Waals surface area contributed by atoms with Gasteiger partial charge in [0, 0.05) is 5.92 Å². The lowest BCUT2D eigenvalue weighted by Crippen LogP contribution is -2.26. The molecule has 0 radical (unpaired) electrons. The van der Waals surface area contributed by atoms with E-state index < -0.39 is 0 Å². The minimum atomic E-state index is 0.0443. The van der Waals surface area contributed by atoms with Gasteiger partial charge in [-0.15, -0.1) is 0 Å². The van der Waals surface area contributed by atoms with Crippen molar-refractivity contribution in [2.75, 3.05) is 0 Å². The van der Waals surface area contributed by atoms with Crippen LogP contribution in [0, 0.1) is 17.4 Å². The number of rotatable bonds is 0. The highest BCUT2D eigenvalue weighted by atomic mass is 16.5. The lowest BCUT2D eigenvalue weighted by Gasteiger charge is -2.18. The lowest BCUT2D eigenvalue weighted by molar-refractivity contribution is -0.0104. The molecule has 0 amide bonds. The third-order valence-electron chi connectivity index (χ3n) is 2.90. The molecule has 0 aliphatic carbocycles. The SMILES string of the molecule is CC1C[C+](C(C)(C)C)OC1(C)C. The van der Waals surface area contributed by atoms with Crippen molar-refractivity contribution in [3.05, 3.63) is 6.10 Å². The van der Waals surface area contributed by atoms with E-state index in [-0.39, 0.29) is 11.0 Å². The van der Waals surface area contributed by atoms with Gasteiger partial charge in [0.25, 0.3) is 0 Å². The summed E-state index contributed by atoms with van der Waals surface area (Å²) in [5.41, 5.74) is 0.255. The summed E-state index contributed by atoms with van der Waals surface area (Å²) < 4.78 is 5.94. The zero-order valence-corrected chi connectivity index (χ0v) is 9.19. The van der Waals surface area contributed by atoms with Crippen LogP contribution in [-0.2, 0) is 4.74 Å². The molecule has 1 unspecified atom stereocenters. The van der Waals surface area contributed by atoms with Crippen LogP contribution in [0.5, 0.6) is 0 Å². The third kappa shape index (κ3) is 1.77. The molecule has 0 bridgehead atoms. The normalized spacial score (nSPS) is 29.5. The van der Waals surface area contributed by atoms with E-state index in [0.29, 0.717) is 5.92 Å². The van der Waals surface area contributed by atoms with Crippen molar-refractivity contribution in [3.8, 4) is 0 Å². The zero-order chi connectivity index (χ0) is 9.57. The monoisotopic (exact) mass is 169 g/mol. The summed E-state index contributed by atoms with van der Waals surface area (Å²) in [7, 11) is 0. The van der Waals surface area contributed by atoms with Crippen molar-refractivity contribution in [2.45, 2.75) is 53.6 Å². The fraction of sp³-hybridized carbons (Fsp3) is 0.909. The maximum atomic E-state index is 5.94. The maximum absolute atomic E-state index is 5.94. The molecule has 1 aliphatic heterocycles. The smallest absolute Gasteiger partial charge is 0.187 e. The summed E-state index contributed by atoms with van der Waals surface area (Å²) in [6, 6.07) is 0. The molecule has 1 heterocycles. The molecule has 1 heteroatoms. The minimum absolute atomic E-state index is 0.0443. The molecule has 0 spiro atoms. The van der Waals surface area contributed by atoms with Gasteiger partial charge in [-0.3, -0.25) is 0 Å². The number of hydrogen-bond donors (Lipinski definition) is 0. The minimum Gasteiger partial charge on any atom is -0.187 e. The first-order chi connectivity index (χ1) is 5.23. The van der Waals surface area contributed by atoms with Gasteiger partial charge in [-0.1, -0.05) is 6.92 Å². The van der Waals surface area contributed by atoms with Crippen molar-refractivity contribution in [1.29, 1.82) is 0 Å². The molecule has 0 aromatic rings. The van der Waals surface area contributed by atoms with Crippen molar-refractivity contribution in [3.63, 3.8) is 0 Å². The van der Waals surface area contributed by atoms with Gasteiger partial charge in [-0.25, -0.2) is 0 Å². The summed E-state index contributed by atoms with van der Waals surface area (Å²) in [4.78, 5) is 0. The van der Waals surface area contributed by atoms with Gasteiger partial charge in [0.15, 0.2) is 0 Å². The predicted octanol–water partition coefficient (Wildman–Crippen LogP) is 3.40. The van der Waals surface area contributed by atoms with E-state index in [1.54, 1.807) is 0 Å². The second kappa shape index (κ2) is 2.66. The van der Waals surface area contributed by atoms with Gasteiger partial charge < -0.3 is 0 Å². The van der Waals surface area contributed by atoms with Crippen molar-refractivity contribution in [1.82, 2.24) is 0 Å². The van der Waals surface area contributed by atoms with E-state index in [2.05, 4.69) is 41.5 Å². The van der Waals surface area contributed by atoms with Crippen LogP contribution in [0.3, 0.4) is 0 Å². The summed E-state index contributed by atoms with van der Waals surface area (Å²) in [5, 5.41) is 0. The van der Waals surface area contributed by atoms with E-state index in [1.807, 2.05) is 0 Å². The van der Waals surface area contributed by atoms with Gasteiger partial charge in [0.1, 0.15) is 17.4 Å². The topological polar surface area (TPSA) is 9.23 Å². The van der Waals surface area contributed by atoms with Crippen LogP contribution in [0.1, 0.15) is 48.0 Å². The van der Waals surface area contributed by atoms with E-state index in [1.165, 1.54) is 6.10 Å². The molecule has 1 rings (SSSR count). The van der Waals surface area contributed by atoms with Crippen molar-refractivity contribution >= 4 is 0 Å². The first kappa shape index (κ1) is 9.91. The number of hydrogen-bond acceptors (Lipinski definition) is 1. The largest absolute Gasteiger partial charge is 0.247 e. The first-order valence-corrected chi connectivity index (χ1v) is 4.79. The molecule has 1 atom stereocenters. The Morgan fingerprint density at radius 1 is 1.33 bits per heavy atom. The van der Waals surface area contributed by atoms with Crippen molar-refractivity contribution in [2.24, 2.45) is 11.3 Å². The maximum Gasteiger partial charge on any atom is 0.247 e. The first-order valence-electron chi connectivity index (χ1n) is 4.79. The molecular weight excluding hydrogens is 148 g/mol. The number of ether oxygens (including phenoxy) is 1. The van der Waals surface area contributed by atoms with E-state index in [4.69, 9.17) is 4.74 Å². The quantitative estimate of drug-likeness (QED) is 0.505. The predicted molar refractivity (Wildman–Crippen MR) is 51.6 cm³/mol. The molecule has 1 nitrogen and oxygen atoms in total. The third-order valence-corrected chi connectivity index (χ3v) is 2.90. The molecule has 1 saturated heterocycles. The van der Waals surface area contributed by atoms with Crippen LogP contribution in [0.25, 0.3) is 0 Å². The molecule has 0 saturated carbocycles. The Kier molecular flexibility index (Phi) is 2.20. The van der Waals surface area contributed by atoms with Crippen LogP contribution in [-0.4, -0.2) is 5.60 Å². The van der Waals surface area contributed by atoms with Crippen molar-refractivity contribution < 1.29 is 4.74 Å². The van der Waals surface area contributed by atoms with Crippen LogP contribution < -0.4 is 0 Å². The van der Waals surface area contributed by atoms with Gasteiger partial charge in [0.2, 0.25) is 6.10 Å². The summed E-state index contributed by atoms with van der Waals surface area (Å²) in [6.07, 6.45) is 2.39. The Bertz CT molecular complexity index is 164. The van der Waals surface area contributed by atoms with Crippen LogP contribution in [0.15, 0.2) is 0 Å². The fourth-order valence-corrected chi connectivity index (χ4v) is 1.44. The zero-order valence-electron chi connectivity index (χ0n) is 9.19. The van der Waals surface area contributed by atoms with E-state index >= 15 is 0 Å². The Morgan fingerprint density at radius 2 is 1.83 bits per heavy atom. The summed E-state index contributed by atoms with van der Waals surface area (Å²) >= 11 is 0. The standard InChI is InChI=1S/C11H21O/c1-8-7-9(10(2,3)4)12-11(8,5)6/h8H,7H2,1-6H3/q+1. The Labute approximate surface area is 76.5 Å². The van der Waals surface area contributed by atoms with Gasteiger partial charge in [-0.05, 0) is 34.6 Å². The molecule has 12 heavy (non-hydrogen) atoms. The van der Waals surface area contributed by atoms with E-state index in [0.717, 1.165) is 6.42 Å². The van der Waals surface area contributed by atoms with Crippen LogP contribution >= 0.6 is 0 Å². The molecule has 1 aliphatic rings. The summed E-state index contributed by atoms with van der Waals surface area (Å²) in [6.45, 7) is 13.3. The molecule has 0 aromatic heterocycles. The highest BCUT2D eigenvalue weighted by Gasteiger charge is 2.53. The Balaban J connectivity index is 2.67. The van der Waals surface area contributed by atoms with Crippen LogP contribution in [0.2, 0.25) is 0 Å². The Hall–Kier alpha value is -0.170. The van der Waals surface area contributed by atoms with Gasteiger partial charge in [-0.2, -0.15) is 4.74 Å². The molecule has 0 aromatic carbocycles.